The standard InChI is InChI=1S/C29H27F4N5O4/c1-38-20(18-9-15(26(34)39)10-21(41-2)24(18)37-38)12-27(40,16-5-6-16)22-11-19-25(42-13-28(19,35)29(31,32)33)23(36-22)14-3-7-17(30)8-4-14/h3-4,7-11,16,40H,5-6,12-13,35H2,1-2H3,(H2,34,39)/t27-,28-/m0/s1. The number of aromatic nitrogens is 3. The molecule has 0 radical (unpaired) electrons. The van der Waals surface area contributed by atoms with E-state index in [1.807, 2.05) is 0 Å². The second-order valence-corrected chi connectivity index (χ2v) is 10.9. The van der Waals surface area contributed by atoms with Gasteiger partial charge in [-0.25, -0.2) is 9.37 Å². The van der Waals surface area contributed by atoms with E-state index in [1.165, 1.54) is 36.1 Å². The lowest BCUT2D eigenvalue weighted by atomic mass is 9.83. The van der Waals surface area contributed by atoms with Crippen LogP contribution in [0.5, 0.6) is 11.5 Å². The van der Waals surface area contributed by atoms with Crippen LogP contribution in [-0.4, -0.2) is 45.7 Å². The third-order valence-corrected chi connectivity index (χ3v) is 8.19. The molecule has 4 aromatic rings. The minimum atomic E-state index is -4.88. The van der Waals surface area contributed by atoms with Gasteiger partial charge in [-0.1, -0.05) is 0 Å². The van der Waals surface area contributed by atoms with Crippen LogP contribution >= 0.6 is 0 Å². The third kappa shape index (κ3) is 4.26. The number of pyridine rings is 1. The zero-order chi connectivity index (χ0) is 30.2. The molecule has 1 aliphatic heterocycles. The molecule has 9 nitrogen and oxygen atoms in total. The van der Waals surface area contributed by atoms with E-state index < -0.39 is 35.6 Å². The minimum Gasteiger partial charge on any atom is -0.494 e. The molecule has 1 saturated carbocycles. The van der Waals surface area contributed by atoms with Crippen molar-refractivity contribution in [1.29, 1.82) is 0 Å². The number of halogens is 4. The highest BCUT2D eigenvalue weighted by Crippen LogP contribution is 2.53. The predicted octanol–water partition coefficient (Wildman–Crippen LogP) is 3.83. The molecule has 42 heavy (non-hydrogen) atoms. The molecule has 1 aliphatic carbocycles. The van der Waals surface area contributed by atoms with Crippen LogP contribution in [0.3, 0.4) is 0 Å². The Morgan fingerprint density at radius 1 is 1.21 bits per heavy atom. The van der Waals surface area contributed by atoms with Gasteiger partial charge in [0.05, 0.1) is 12.8 Å². The largest absolute Gasteiger partial charge is 0.494 e. The van der Waals surface area contributed by atoms with Crippen molar-refractivity contribution in [3.63, 3.8) is 0 Å². The number of alkyl halides is 3. The lowest BCUT2D eigenvalue weighted by Gasteiger charge is -2.31. The molecule has 3 heterocycles. The molecular weight excluding hydrogens is 558 g/mol. The van der Waals surface area contributed by atoms with Gasteiger partial charge in [0, 0.05) is 41.2 Å². The summed E-state index contributed by atoms with van der Waals surface area (Å²) in [6.07, 6.45) is -3.81. The van der Waals surface area contributed by atoms with E-state index in [2.05, 4.69) is 10.1 Å². The maximum atomic E-state index is 14.3. The number of fused-ring (bicyclic) bond motifs is 2. The number of ether oxygens (including phenoxy) is 2. The Labute approximate surface area is 237 Å². The summed E-state index contributed by atoms with van der Waals surface area (Å²) in [6, 6.07) is 9.22. The number of aliphatic hydroxyl groups is 1. The van der Waals surface area contributed by atoms with Gasteiger partial charge in [0.2, 0.25) is 5.91 Å². The molecule has 0 saturated heterocycles. The maximum Gasteiger partial charge on any atom is 0.414 e. The van der Waals surface area contributed by atoms with Crippen LogP contribution in [0.1, 0.15) is 40.2 Å². The molecule has 0 bridgehead atoms. The number of carbonyl (C=O) groups is 1. The Hall–Kier alpha value is -4.23. The fraction of sp³-hybridized carbons (Fsp3) is 0.345. The molecule has 6 rings (SSSR count). The number of methoxy groups -OCH3 is 1. The van der Waals surface area contributed by atoms with Gasteiger partial charge in [-0.05, 0) is 61.2 Å². The molecule has 13 heteroatoms. The van der Waals surface area contributed by atoms with Gasteiger partial charge in [-0.3, -0.25) is 9.48 Å². The minimum absolute atomic E-state index is 0.00528. The van der Waals surface area contributed by atoms with E-state index in [0.29, 0.717) is 40.8 Å². The van der Waals surface area contributed by atoms with Crippen LogP contribution in [-0.2, 0) is 24.6 Å². The van der Waals surface area contributed by atoms with E-state index >= 15 is 0 Å². The van der Waals surface area contributed by atoms with Crippen LogP contribution in [0.15, 0.2) is 42.5 Å². The van der Waals surface area contributed by atoms with Crippen molar-refractivity contribution in [2.75, 3.05) is 13.7 Å². The predicted molar refractivity (Wildman–Crippen MR) is 143 cm³/mol. The second kappa shape index (κ2) is 9.39. The summed E-state index contributed by atoms with van der Waals surface area (Å²) in [5, 5.41) is 17.3. The normalized spacial score (nSPS) is 19.8. The first-order chi connectivity index (χ1) is 19.8. The van der Waals surface area contributed by atoms with Gasteiger partial charge in [0.1, 0.15) is 35.0 Å². The number of aryl methyl sites for hydroxylation is 1. The lowest BCUT2D eigenvalue weighted by Crippen LogP contribution is -2.52. The summed E-state index contributed by atoms with van der Waals surface area (Å²) in [5.41, 5.74) is 7.80. The summed E-state index contributed by atoms with van der Waals surface area (Å²) in [6.45, 7) is -0.880. The Morgan fingerprint density at radius 3 is 2.50 bits per heavy atom. The first kappa shape index (κ1) is 27.9. The molecule has 0 unspecified atom stereocenters. The SMILES string of the molecule is COc1cc(C(N)=O)cc2c(C[C@@](O)(c3cc4c(c(-c5ccc(F)cc5)n3)OC[C@@]4(N)C(F)(F)F)C3CC3)n(C)nc12. The summed E-state index contributed by atoms with van der Waals surface area (Å²) < 4.78 is 69.1. The van der Waals surface area contributed by atoms with E-state index in [-0.39, 0.29) is 40.6 Å². The Morgan fingerprint density at radius 2 is 1.90 bits per heavy atom. The number of nitrogens with zero attached hydrogens (tertiary/aromatic N) is 3. The van der Waals surface area contributed by atoms with Gasteiger partial charge >= 0.3 is 6.18 Å². The van der Waals surface area contributed by atoms with Crippen LogP contribution < -0.4 is 20.9 Å². The Bertz CT molecular complexity index is 1740. The number of benzene rings is 2. The smallest absolute Gasteiger partial charge is 0.414 e. The van der Waals surface area contributed by atoms with E-state index in [0.717, 1.165) is 18.2 Å². The van der Waals surface area contributed by atoms with Crippen LogP contribution in [0.2, 0.25) is 0 Å². The van der Waals surface area contributed by atoms with Crippen molar-refractivity contribution in [2.45, 2.75) is 36.6 Å². The Kier molecular flexibility index (Phi) is 6.24. The van der Waals surface area contributed by atoms with Crippen molar-refractivity contribution < 1.29 is 36.9 Å². The lowest BCUT2D eigenvalue weighted by molar-refractivity contribution is -0.191. The average Bonchev–Trinajstić information content (AvgIpc) is 3.68. The highest BCUT2D eigenvalue weighted by atomic mass is 19.4. The third-order valence-electron chi connectivity index (χ3n) is 8.19. The van der Waals surface area contributed by atoms with Gasteiger partial charge in [-0.15, -0.1) is 0 Å². The highest BCUT2D eigenvalue weighted by Gasteiger charge is 2.59. The fourth-order valence-corrected chi connectivity index (χ4v) is 5.62. The molecule has 2 aliphatic rings. The monoisotopic (exact) mass is 585 g/mol. The van der Waals surface area contributed by atoms with Crippen LogP contribution in [0.25, 0.3) is 22.2 Å². The van der Waals surface area contributed by atoms with Crippen molar-refractivity contribution in [3.05, 3.63) is 70.8 Å². The molecule has 220 valence electrons. The summed E-state index contributed by atoms with van der Waals surface area (Å²) in [5.74, 6) is -1.47. The molecular formula is C29H27F4N5O4. The first-order valence-corrected chi connectivity index (χ1v) is 13.1. The first-order valence-electron chi connectivity index (χ1n) is 13.1. The van der Waals surface area contributed by atoms with Gasteiger partial charge in [0.25, 0.3) is 0 Å². The van der Waals surface area contributed by atoms with Crippen molar-refractivity contribution in [1.82, 2.24) is 14.8 Å². The molecule has 1 fully saturated rings. The molecule has 1 amide bonds. The zero-order valence-corrected chi connectivity index (χ0v) is 22.6. The number of hydrogen-bond acceptors (Lipinski definition) is 7. The molecule has 0 spiro atoms. The van der Waals surface area contributed by atoms with Gasteiger partial charge in [-0.2, -0.15) is 18.3 Å². The van der Waals surface area contributed by atoms with Crippen LogP contribution in [0.4, 0.5) is 17.6 Å². The van der Waals surface area contributed by atoms with Crippen molar-refractivity contribution in [2.24, 2.45) is 24.4 Å². The topological polar surface area (TPSA) is 139 Å². The number of primary amides is 1. The van der Waals surface area contributed by atoms with E-state index in [1.54, 1.807) is 7.05 Å². The quantitative estimate of drug-likeness (QED) is 0.280. The fourth-order valence-electron chi connectivity index (χ4n) is 5.62. The molecule has 5 N–H and O–H groups in total. The summed E-state index contributed by atoms with van der Waals surface area (Å²) >= 11 is 0. The van der Waals surface area contributed by atoms with E-state index in [4.69, 9.17) is 20.9 Å². The zero-order valence-electron chi connectivity index (χ0n) is 22.6. The molecule has 2 atom stereocenters. The number of carbonyl (C=O) groups excluding carboxylic acids is 1. The Balaban J connectivity index is 1.57. The van der Waals surface area contributed by atoms with Crippen LogP contribution in [0, 0.1) is 11.7 Å². The summed E-state index contributed by atoms with van der Waals surface area (Å²) in [7, 11) is 3.07. The molecule has 2 aromatic heterocycles. The number of nitrogens with two attached hydrogens (primary N) is 2. The summed E-state index contributed by atoms with van der Waals surface area (Å²) in [4.78, 5) is 16.7. The van der Waals surface area contributed by atoms with Gasteiger partial charge in [0.15, 0.2) is 11.3 Å². The van der Waals surface area contributed by atoms with E-state index in [9.17, 15) is 27.5 Å². The van der Waals surface area contributed by atoms with Gasteiger partial charge < -0.3 is 26.0 Å². The molecule has 2 aromatic carbocycles. The average molecular weight is 586 g/mol. The second-order valence-electron chi connectivity index (χ2n) is 10.9. The van der Waals surface area contributed by atoms with Crippen molar-refractivity contribution in [3.8, 4) is 22.8 Å². The number of rotatable bonds is 7. The highest BCUT2D eigenvalue weighted by molar-refractivity contribution is 5.99. The number of amides is 1. The number of hydrogen-bond donors (Lipinski definition) is 3. The van der Waals surface area contributed by atoms with Crippen molar-refractivity contribution >= 4 is 16.8 Å². The maximum absolute atomic E-state index is 14.3.